The summed E-state index contributed by atoms with van der Waals surface area (Å²) in [6.45, 7) is 26.7. The van der Waals surface area contributed by atoms with Gasteiger partial charge in [0, 0.05) is 38.8 Å². The highest BCUT2D eigenvalue weighted by atomic mass is 16.3. The number of furan rings is 1. The summed E-state index contributed by atoms with van der Waals surface area (Å²) in [7, 11) is 0. The van der Waals surface area contributed by atoms with Gasteiger partial charge in [0.05, 0.1) is 16.4 Å². The number of aromatic nitrogens is 1. The Hall–Kier alpha value is -5.22. The maximum atomic E-state index is 6.89. The van der Waals surface area contributed by atoms with Gasteiger partial charge in [0.2, 0.25) is 0 Å². The number of benzene rings is 6. The van der Waals surface area contributed by atoms with Crippen LogP contribution in [-0.4, -0.2) is 11.4 Å². The molecule has 2 aliphatic heterocycles. The van der Waals surface area contributed by atoms with E-state index in [4.69, 9.17) is 4.42 Å². The number of hydrogen-bond donors (Lipinski definition) is 0. The van der Waals surface area contributed by atoms with E-state index in [9.17, 15) is 0 Å². The molecule has 2 aromatic heterocycles. The Morgan fingerprint density at radius 3 is 1.80 bits per heavy atom. The van der Waals surface area contributed by atoms with Crippen molar-refractivity contribution in [2.45, 2.75) is 129 Å². The van der Waals surface area contributed by atoms with Crippen molar-refractivity contribution in [2.75, 3.05) is 4.81 Å². The standard InChI is InChI=1S/C56H57BN2O/c1-52(2,3)32-16-18-33(19-17-32)59-45-30-41-39(53(4,5)24-26-55(41,8)9)28-38(45)35-20-21-37-48-44(23-22-36-34-14-12-13-15-47(34)60-51(36)48)58-46-31-42-40(54(6,7)25-27-56(42,10)11)29-43(46)57(59)49(35)50(37)58/h12-23,28-31H,24-27H2,1-11H3. The third kappa shape index (κ3) is 4.69. The molecule has 0 amide bonds. The first-order valence-electron chi connectivity index (χ1n) is 22.6. The van der Waals surface area contributed by atoms with Gasteiger partial charge in [0.15, 0.2) is 0 Å². The van der Waals surface area contributed by atoms with Crippen molar-refractivity contribution in [1.82, 2.24) is 4.57 Å². The lowest BCUT2D eigenvalue weighted by atomic mass is 9.43. The lowest BCUT2D eigenvalue weighted by molar-refractivity contribution is 0.332. The molecule has 300 valence electrons. The zero-order valence-corrected chi connectivity index (χ0v) is 37.4. The van der Waals surface area contributed by atoms with E-state index < -0.39 is 0 Å². The number of para-hydroxylation sites is 1. The van der Waals surface area contributed by atoms with Gasteiger partial charge in [-0.25, -0.2) is 0 Å². The van der Waals surface area contributed by atoms with Crippen molar-refractivity contribution in [3.05, 3.63) is 125 Å². The Morgan fingerprint density at radius 1 is 0.567 bits per heavy atom. The third-order valence-electron chi connectivity index (χ3n) is 16.1. The summed E-state index contributed by atoms with van der Waals surface area (Å²) in [6, 6.07) is 38.3. The second kappa shape index (κ2) is 11.4. The molecular formula is C56H57BN2O. The van der Waals surface area contributed by atoms with Crippen LogP contribution in [0.25, 0.3) is 60.6 Å². The number of hydrogen-bond acceptors (Lipinski definition) is 2. The molecule has 0 saturated carbocycles. The molecule has 0 spiro atoms. The summed E-state index contributed by atoms with van der Waals surface area (Å²) in [6.07, 6.45) is 4.72. The highest BCUT2D eigenvalue weighted by Crippen LogP contribution is 2.54. The molecule has 4 heterocycles. The molecule has 12 rings (SSSR count). The molecule has 60 heavy (non-hydrogen) atoms. The summed E-state index contributed by atoms with van der Waals surface area (Å²) < 4.78 is 9.54. The Bertz CT molecular complexity index is 3200. The monoisotopic (exact) mass is 784 g/mol. The third-order valence-corrected chi connectivity index (χ3v) is 16.1. The summed E-state index contributed by atoms with van der Waals surface area (Å²) in [4.78, 5) is 2.76. The molecule has 0 radical (unpaired) electrons. The second-order valence-corrected chi connectivity index (χ2v) is 22.7. The Balaban J connectivity index is 1.28. The van der Waals surface area contributed by atoms with Gasteiger partial charge in [-0.3, -0.25) is 0 Å². The van der Waals surface area contributed by atoms with Crippen LogP contribution in [0.3, 0.4) is 0 Å². The quantitative estimate of drug-likeness (QED) is 0.155. The fraction of sp³-hybridized carbons (Fsp3) is 0.357. The molecule has 0 bridgehead atoms. The predicted molar refractivity (Wildman–Crippen MR) is 256 cm³/mol. The average molecular weight is 785 g/mol. The molecule has 4 aliphatic rings. The predicted octanol–water partition coefficient (Wildman–Crippen LogP) is 13.9. The molecule has 3 nitrogen and oxygen atoms in total. The SMILES string of the molecule is CC(C)(C)c1ccc(N2B3c4cc5c(cc4-n4c6ccc7c8ccccc8oc7c6c6ccc(c3c64)-c3cc4c(cc32)C(C)(C)CCC4(C)C)C(C)(C)CCC5(C)C)cc1. The van der Waals surface area contributed by atoms with Gasteiger partial charge >= 0.3 is 6.85 Å². The number of fused-ring (bicyclic) bond motifs is 14. The van der Waals surface area contributed by atoms with Gasteiger partial charge in [0.1, 0.15) is 11.2 Å². The Kier molecular flexibility index (Phi) is 6.94. The average Bonchev–Trinajstić information content (AvgIpc) is 3.76. The van der Waals surface area contributed by atoms with Crippen LogP contribution >= 0.6 is 0 Å². The van der Waals surface area contributed by atoms with Crippen molar-refractivity contribution in [1.29, 1.82) is 0 Å². The number of rotatable bonds is 1. The van der Waals surface area contributed by atoms with E-state index in [0.29, 0.717) is 0 Å². The molecule has 0 unspecified atom stereocenters. The van der Waals surface area contributed by atoms with Gasteiger partial charge in [-0.2, -0.15) is 0 Å². The van der Waals surface area contributed by atoms with Gasteiger partial charge in [-0.1, -0.05) is 125 Å². The van der Waals surface area contributed by atoms with Crippen LogP contribution in [0.1, 0.15) is 130 Å². The van der Waals surface area contributed by atoms with Crippen LogP contribution in [0, 0.1) is 0 Å². The molecule has 0 atom stereocenters. The molecular weight excluding hydrogens is 727 g/mol. The first kappa shape index (κ1) is 36.6. The fourth-order valence-electron chi connectivity index (χ4n) is 12.2. The van der Waals surface area contributed by atoms with Gasteiger partial charge in [-0.15, -0.1) is 0 Å². The molecule has 0 fully saturated rings. The molecule has 0 saturated heterocycles. The first-order chi connectivity index (χ1) is 28.4. The van der Waals surface area contributed by atoms with E-state index in [1.54, 1.807) is 0 Å². The highest BCUT2D eigenvalue weighted by Gasteiger charge is 2.48. The fourth-order valence-corrected chi connectivity index (χ4v) is 12.2. The van der Waals surface area contributed by atoms with Crippen molar-refractivity contribution in [3.8, 4) is 16.8 Å². The normalized spacial score (nSPS) is 19.1. The van der Waals surface area contributed by atoms with Crippen LogP contribution in [0.15, 0.2) is 101 Å². The Morgan fingerprint density at radius 2 is 1.15 bits per heavy atom. The van der Waals surface area contributed by atoms with Crippen molar-refractivity contribution in [2.24, 2.45) is 0 Å². The van der Waals surface area contributed by atoms with Crippen molar-refractivity contribution < 1.29 is 4.42 Å². The van der Waals surface area contributed by atoms with Crippen LogP contribution < -0.4 is 15.7 Å². The van der Waals surface area contributed by atoms with E-state index in [2.05, 4.69) is 183 Å². The molecule has 2 aliphatic carbocycles. The summed E-state index contributed by atoms with van der Waals surface area (Å²) in [5.41, 5.74) is 21.6. The van der Waals surface area contributed by atoms with Gasteiger partial charge in [0.25, 0.3) is 0 Å². The van der Waals surface area contributed by atoms with Crippen LogP contribution in [0.2, 0.25) is 0 Å². The maximum Gasteiger partial charge on any atom is 0.333 e. The largest absolute Gasteiger partial charge is 0.455 e. The lowest BCUT2D eigenvalue weighted by Crippen LogP contribution is -2.61. The van der Waals surface area contributed by atoms with Gasteiger partial charge in [-0.05, 0) is 146 Å². The molecule has 0 N–H and O–H groups in total. The summed E-state index contributed by atoms with van der Waals surface area (Å²) in [5.74, 6) is 0. The van der Waals surface area contributed by atoms with E-state index in [-0.39, 0.29) is 33.9 Å². The van der Waals surface area contributed by atoms with Gasteiger partial charge < -0.3 is 13.8 Å². The molecule has 8 aromatic rings. The molecule has 4 heteroatoms. The maximum absolute atomic E-state index is 6.89. The van der Waals surface area contributed by atoms with Crippen molar-refractivity contribution >= 4 is 72.9 Å². The zero-order chi connectivity index (χ0) is 41.6. The summed E-state index contributed by atoms with van der Waals surface area (Å²) >= 11 is 0. The highest BCUT2D eigenvalue weighted by molar-refractivity contribution is 6.93. The molecule has 6 aromatic carbocycles. The van der Waals surface area contributed by atoms with E-state index in [1.165, 1.54) is 125 Å². The van der Waals surface area contributed by atoms with E-state index in [1.807, 2.05) is 0 Å². The van der Waals surface area contributed by atoms with Crippen LogP contribution in [0.5, 0.6) is 0 Å². The minimum atomic E-state index is -0.0291. The van der Waals surface area contributed by atoms with Crippen molar-refractivity contribution in [3.63, 3.8) is 0 Å². The topological polar surface area (TPSA) is 21.3 Å². The van der Waals surface area contributed by atoms with E-state index >= 15 is 0 Å². The first-order valence-corrected chi connectivity index (χ1v) is 22.6. The van der Waals surface area contributed by atoms with E-state index in [0.717, 1.165) is 11.2 Å². The zero-order valence-electron chi connectivity index (χ0n) is 37.4. The van der Waals surface area contributed by atoms with Crippen LogP contribution in [-0.2, 0) is 27.1 Å². The number of nitrogens with zero attached hydrogens (tertiary/aromatic N) is 2. The Labute approximate surface area is 355 Å². The van der Waals surface area contributed by atoms with Crippen LogP contribution in [0.4, 0.5) is 11.4 Å². The smallest absolute Gasteiger partial charge is 0.333 e. The summed E-state index contributed by atoms with van der Waals surface area (Å²) in [5, 5.41) is 4.84. The second-order valence-electron chi connectivity index (χ2n) is 22.7. The minimum Gasteiger partial charge on any atom is -0.455 e. The lowest BCUT2D eigenvalue weighted by Gasteiger charge is -2.47. The number of anilines is 2. The minimum absolute atomic E-state index is 0.0291.